The van der Waals surface area contributed by atoms with Crippen molar-refractivity contribution in [2.45, 2.75) is 13.3 Å². The molecule has 0 fully saturated rings. The number of hydrogen-bond donors (Lipinski definition) is 1. The second-order valence-corrected chi connectivity index (χ2v) is 3.66. The fourth-order valence-electron chi connectivity index (χ4n) is 1.15. The first-order valence-electron chi connectivity index (χ1n) is 4.70. The van der Waals surface area contributed by atoms with E-state index in [4.69, 9.17) is 10.4 Å². The minimum absolute atomic E-state index is 0.626. The van der Waals surface area contributed by atoms with Gasteiger partial charge in [0.1, 0.15) is 0 Å². The summed E-state index contributed by atoms with van der Waals surface area (Å²) in [5.41, 5.74) is 0.850. The molecule has 0 aliphatic carbocycles. The average Bonchev–Trinajstić information content (AvgIpc) is 2.51. The van der Waals surface area contributed by atoms with Crippen molar-refractivity contribution in [1.29, 1.82) is 0 Å². The van der Waals surface area contributed by atoms with Crippen molar-refractivity contribution >= 4 is 5.88 Å². The lowest BCUT2D eigenvalue weighted by Gasteiger charge is -2.15. The number of rotatable bonds is 5. The Labute approximate surface area is 84.4 Å². The van der Waals surface area contributed by atoms with E-state index in [0.29, 0.717) is 5.88 Å². The van der Waals surface area contributed by atoms with Gasteiger partial charge in [-0.25, -0.2) is 5.84 Å². The molecule has 0 saturated carbocycles. The lowest BCUT2D eigenvalue weighted by atomic mass is 10.4. The van der Waals surface area contributed by atoms with Crippen molar-refractivity contribution in [2.24, 2.45) is 5.84 Å². The third-order valence-electron chi connectivity index (χ3n) is 1.90. The van der Waals surface area contributed by atoms with Crippen molar-refractivity contribution < 1.29 is 4.52 Å². The van der Waals surface area contributed by atoms with Gasteiger partial charge in [0, 0.05) is 12.6 Å². The highest BCUT2D eigenvalue weighted by Crippen LogP contribution is 2.11. The van der Waals surface area contributed by atoms with Crippen LogP contribution in [0.15, 0.2) is 10.6 Å². The molecule has 0 aromatic carbocycles. The first-order valence-corrected chi connectivity index (χ1v) is 4.70. The van der Waals surface area contributed by atoms with Crippen LogP contribution in [-0.4, -0.2) is 37.2 Å². The van der Waals surface area contributed by atoms with Gasteiger partial charge in [-0.05, 0) is 34.0 Å². The van der Waals surface area contributed by atoms with Gasteiger partial charge in [-0.3, -0.25) is 5.01 Å². The van der Waals surface area contributed by atoms with E-state index in [1.54, 1.807) is 5.01 Å². The Morgan fingerprint density at radius 1 is 1.43 bits per heavy atom. The number of nitrogens with zero attached hydrogens (tertiary/aromatic N) is 3. The highest BCUT2D eigenvalue weighted by atomic mass is 16.5. The molecule has 0 aliphatic rings. The molecule has 5 nitrogen and oxygen atoms in total. The molecule has 0 spiro atoms. The van der Waals surface area contributed by atoms with Gasteiger partial charge in [-0.1, -0.05) is 5.16 Å². The summed E-state index contributed by atoms with van der Waals surface area (Å²) in [6, 6.07) is 1.83. The predicted octanol–water partition coefficient (Wildman–Crippen LogP) is 0.615. The summed E-state index contributed by atoms with van der Waals surface area (Å²) in [5.74, 6) is 6.40. The van der Waals surface area contributed by atoms with Crippen molar-refractivity contribution in [3.63, 3.8) is 0 Å². The summed E-state index contributed by atoms with van der Waals surface area (Å²) in [7, 11) is 4.08. The molecule has 0 saturated heterocycles. The van der Waals surface area contributed by atoms with Gasteiger partial charge >= 0.3 is 0 Å². The fourth-order valence-corrected chi connectivity index (χ4v) is 1.15. The van der Waals surface area contributed by atoms with Crippen LogP contribution in [0.25, 0.3) is 0 Å². The Bertz CT molecular complexity index is 272. The molecule has 5 heteroatoms. The van der Waals surface area contributed by atoms with E-state index in [0.717, 1.165) is 25.2 Å². The molecule has 0 unspecified atom stereocenters. The molecular formula is C9H18N4O. The van der Waals surface area contributed by atoms with Gasteiger partial charge < -0.3 is 9.42 Å². The van der Waals surface area contributed by atoms with E-state index in [2.05, 4.69) is 10.1 Å². The predicted molar refractivity (Wildman–Crippen MR) is 55.9 cm³/mol. The highest BCUT2D eigenvalue weighted by Gasteiger charge is 2.06. The van der Waals surface area contributed by atoms with Gasteiger partial charge in [-0.15, -0.1) is 0 Å². The molecule has 0 aliphatic heterocycles. The monoisotopic (exact) mass is 198 g/mol. The number of aromatic nitrogens is 1. The maximum absolute atomic E-state index is 5.78. The van der Waals surface area contributed by atoms with Crippen molar-refractivity contribution in [2.75, 3.05) is 32.2 Å². The maximum Gasteiger partial charge on any atom is 0.241 e. The van der Waals surface area contributed by atoms with Crippen LogP contribution in [0, 0.1) is 6.92 Å². The average molecular weight is 198 g/mol. The quantitative estimate of drug-likeness (QED) is 0.555. The van der Waals surface area contributed by atoms with E-state index in [1.165, 1.54) is 0 Å². The molecule has 0 bridgehead atoms. The van der Waals surface area contributed by atoms with E-state index >= 15 is 0 Å². The number of anilines is 1. The molecule has 0 radical (unpaired) electrons. The normalized spacial score (nSPS) is 10.9. The number of aryl methyl sites for hydroxylation is 1. The van der Waals surface area contributed by atoms with Crippen LogP contribution < -0.4 is 10.9 Å². The zero-order chi connectivity index (χ0) is 10.6. The van der Waals surface area contributed by atoms with Gasteiger partial charge in [0.25, 0.3) is 0 Å². The highest BCUT2D eigenvalue weighted by molar-refractivity contribution is 5.32. The second kappa shape index (κ2) is 4.97. The summed E-state index contributed by atoms with van der Waals surface area (Å²) in [6.45, 7) is 3.66. The fraction of sp³-hybridized carbons (Fsp3) is 0.667. The lowest BCUT2D eigenvalue weighted by Crippen LogP contribution is -2.33. The first kappa shape index (κ1) is 11.0. The molecule has 1 aromatic heterocycles. The Kier molecular flexibility index (Phi) is 3.91. The standard InChI is InChI=1S/C9H18N4O/c1-8-7-9(14-11-8)13(10)6-4-5-12(2)3/h7H,4-6,10H2,1-3H3. The van der Waals surface area contributed by atoms with Crippen molar-refractivity contribution in [3.8, 4) is 0 Å². The summed E-state index contributed by atoms with van der Waals surface area (Å²) >= 11 is 0. The Morgan fingerprint density at radius 3 is 2.64 bits per heavy atom. The number of hydrogen-bond acceptors (Lipinski definition) is 5. The van der Waals surface area contributed by atoms with Crippen LogP contribution in [0.5, 0.6) is 0 Å². The van der Waals surface area contributed by atoms with E-state index in [1.807, 2.05) is 27.1 Å². The van der Waals surface area contributed by atoms with Crippen LogP contribution in [0.2, 0.25) is 0 Å². The molecule has 0 amide bonds. The van der Waals surface area contributed by atoms with Crippen molar-refractivity contribution in [1.82, 2.24) is 10.1 Å². The van der Waals surface area contributed by atoms with Crippen molar-refractivity contribution in [3.05, 3.63) is 11.8 Å². The van der Waals surface area contributed by atoms with Crippen LogP contribution in [0.4, 0.5) is 5.88 Å². The summed E-state index contributed by atoms with van der Waals surface area (Å²) in [5, 5.41) is 5.36. The molecule has 80 valence electrons. The molecule has 0 atom stereocenters. The summed E-state index contributed by atoms with van der Waals surface area (Å²) < 4.78 is 5.02. The lowest BCUT2D eigenvalue weighted by molar-refractivity contribution is 0.387. The van der Waals surface area contributed by atoms with Crippen LogP contribution in [0.1, 0.15) is 12.1 Å². The second-order valence-electron chi connectivity index (χ2n) is 3.66. The molecular weight excluding hydrogens is 180 g/mol. The topological polar surface area (TPSA) is 58.5 Å². The molecule has 1 aromatic rings. The summed E-state index contributed by atoms with van der Waals surface area (Å²) in [6.07, 6.45) is 1.00. The van der Waals surface area contributed by atoms with E-state index < -0.39 is 0 Å². The molecule has 2 N–H and O–H groups in total. The van der Waals surface area contributed by atoms with Crippen LogP contribution in [0.3, 0.4) is 0 Å². The van der Waals surface area contributed by atoms with E-state index in [-0.39, 0.29) is 0 Å². The molecule has 14 heavy (non-hydrogen) atoms. The Hall–Kier alpha value is -1.07. The van der Waals surface area contributed by atoms with Gasteiger partial charge in [0.2, 0.25) is 5.88 Å². The third-order valence-corrected chi connectivity index (χ3v) is 1.90. The van der Waals surface area contributed by atoms with Gasteiger partial charge in [0.15, 0.2) is 0 Å². The SMILES string of the molecule is Cc1cc(N(N)CCCN(C)C)on1. The minimum Gasteiger partial charge on any atom is -0.337 e. The number of nitrogens with two attached hydrogens (primary N) is 1. The molecule has 1 heterocycles. The minimum atomic E-state index is 0.626. The molecule has 1 rings (SSSR count). The largest absolute Gasteiger partial charge is 0.337 e. The third kappa shape index (κ3) is 3.35. The first-order chi connectivity index (χ1) is 6.59. The van der Waals surface area contributed by atoms with Gasteiger partial charge in [0.05, 0.1) is 5.69 Å². The smallest absolute Gasteiger partial charge is 0.241 e. The van der Waals surface area contributed by atoms with Crippen LogP contribution in [-0.2, 0) is 0 Å². The maximum atomic E-state index is 5.78. The Balaban J connectivity index is 2.32. The zero-order valence-corrected chi connectivity index (χ0v) is 9.03. The Morgan fingerprint density at radius 2 is 2.14 bits per heavy atom. The van der Waals surface area contributed by atoms with E-state index in [9.17, 15) is 0 Å². The van der Waals surface area contributed by atoms with Crippen LogP contribution >= 0.6 is 0 Å². The zero-order valence-electron chi connectivity index (χ0n) is 9.03. The summed E-state index contributed by atoms with van der Waals surface area (Å²) in [4.78, 5) is 2.12. The number of hydrazine groups is 1. The van der Waals surface area contributed by atoms with Gasteiger partial charge in [-0.2, -0.15) is 0 Å².